The Hall–Kier alpha value is -0.420. The molecular formula is C11H19NO2S. The zero-order chi connectivity index (χ0) is 11.3. The summed E-state index contributed by atoms with van der Waals surface area (Å²) in [6.07, 6.45) is -0.675. The second-order valence-corrected chi connectivity index (χ2v) is 4.96. The molecule has 0 aliphatic rings. The summed E-state index contributed by atoms with van der Waals surface area (Å²) < 4.78 is 0. The van der Waals surface area contributed by atoms with E-state index >= 15 is 0 Å². The predicted molar refractivity (Wildman–Crippen MR) is 63.0 cm³/mol. The van der Waals surface area contributed by atoms with Crippen LogP contribution < -0.4 is 5.32 Å². The molecule has 1 heterocycles. The number of nitrogens with one attached hydrogen (secondary N) is 1. The number of thiophene rings is 1. The van der Waals surface area contributed by atoms with Crippen LogP contribution in [0.1, 0.15) is 24.8 Å². The van der Waals surface area contributed by atoms with Crippen molar-refractivity contribution in [2.75, 3.05) is 13.2 Å². The SMILES string of the molecule is CC(C)C(NCC(O)CO)c1cccs1. The van der Waals surface area contributed by atoms with Gasteiger partial charge in [-0.25, -0.2) is 0 Å². The van der Waals surface area contributed by atoms with Gasteiger partial charge in [-0.05, 0) is 17.4 Å². The third-order valence-corrected chi connectivity index (χ3v) is 3.26. The Morgan fingerprint density at radius 2 is 2.20 bits per heavy atom. The Labute approximate surface area is 94.8 Å². The first-order valence-corrected chi connectivity index (χ1v) is 6.08. The molecule has 0 aliphatic heterocycles. The molecule has 2 atom stereocenters. The molecule has 1 rings (SSSR count). The summed E-state index contributed by atoms with van der Waals surface area (Å²) in [5.74, 6) is 0.467. The first kappa shape index (κ1) is 12.6. The Kier molecular flexibility index (Phi) is 5.25. The fraction of sp³-hybridized carbons (Fsp3) is 0.636. The maximum Gasteiger partial charge on any atom is 0.0895 e. The molecule has 0 saturated heterocycles. The molecule has 3 N–H and O–H groups in total. The molecule has 0 spiro atoms. The van der Waals surface area contributed by atoms with E-state index in [2.05, 4.69) is 30.6 Å². The smallest absolute Gasteiger partial charge is 0.0895 e. The van der Waals surface area contributed by atoms with Crippen molar-refractivity contribution in [3.05, 3.63) is 22.4 Å². The summed E-state index contributed by atoms with van der Waals surface area (Å²) in [4.78, 5) is 1.27. The summed E-state index contributed by atoms with van der Waals surface area (Å²) in [6.45, 7) is 4.52. The van der Waals surface area contributed by atoms with Crippen molar-refractivity contribution in [1.29, 1.82) is 0 Å². The van der Waals surface area contributed by atoms with E-state index in [1.54, 1.807) is 11.3 Å². The minimum Gasteiger partial charge on any atom is -0.394 e. The van der Waals surface area contributed by atoms with E-state index in [1.807, 2.05) is 6.07 Å². The molecule has 1 aromatic rings. The van der Waals surface area contributed by atoms with Gasteiger partial charge in [-0.3, -0.25) is 0 Å². The molecule has 0 fully saturated rings. The standard InChI is InChI=1S/C11H19NO2S/c1-8(2)11(10-4-3-5-15-10)12-6-9(14)7-13/h3-5,8-9,11-14H,6-7H2,1-2H3. The van der Waals surface area contributed by atoms with Gasteiger partial charge in [0.1, 0.15) is 0 Å². The van der Waals surface area contributed by atoms with E-state index < -0.39 is 6.10 Å². The zero-order valence-corrected chi connectivity index (χ0v) is 10.00. The van der Waals surface area contributed by atoms with Gasteiger partial charge in [-0.2, -0.15) is 0 Å². The first-order valence-electron chi connectivity index (χ1n) is 5.21. The molecule has 86 valence electrons. The maximum atomic E-state index is 9.28. The lowest BCUT2D eigenvalue weighted by molar-refractivity contribution is 0.0903. The summed E-state index contributed by atoms with van der Waals surface area (Å²) in [6, 6.07) is 4.37. The minimum atomic E-state index is -0.675. The Morgan fingerprint density at radius 3 is 2.67 bits per heavy atom. The lowest BCUT2D eigenvalue weighted by Gasteiger charge is -2.22. The second-order valence-electron chi connectivity index (χ2n) is 3.98. The third-order valence-electron chi connectivity index (χ3n) is 2.30. The monoisotopic (exact) mass is 229 g/mol. The molecule has 0 saturated carbocycles. The van der Waals surface area contributed by atoms with Crippen molar-refractivity contribution in [2.45, 2.75) is 26.0 Å². The lowest BCUT2D eigenvalue weighted by Crippen LogP contribution is -2.34. The van der Waals surface area contributed by atoms with Gasteiger partial charge < -0.3 is 15.5 Å². The number of aliphatic hydroxyl groups excluding tert-OH is 2. The van der Waals surface area contributed by atoms with Crippen molar-refractivity contribution in [1.82, 2.24) is 5.32 Å². The molecule has 2 unspecified atom stereocenters. The third kappa shape index (κ3) is 3.91. The van der Waals surface area contributed by atoms with Gasteiger partial charge in [0.05, 0.1) is 12.7 Å². The van der Waals surface area contributed by atoms with E-state index in [4.69, 9.17) is 5.11 Å². The highest BCUT2D eigenvalue weighted by molar-refractivity contribution is 7.10. The maximum absolute atomic E-state index is 9.28. The van der Waals surface area contributed by atoms with Gasteiger partial charge in [-0.1, -0.05) is 19.9 Å². The quantitative estimate of drug-likeness (QED) is 0.691. The van der Waals surface area contributed by atoms with Crippen LogP contribution in [0.5, 0.6) is 0 Å². The molecule has 0 radical (unpaired) electrons. The normalized spacial score (nSPS) is 15.5. The molecule has 0 amide bonds. The van der Waals surface area contributed by atoms with E-state index in [-0.39, 0.29) is 12.6 Å². The van der Waals surface area contributed by atoms with Gasteiger partial charge in [0, 0.05) is 17.5 Å². The second kappa shape index (κ2) is 6.23. The van der Waals surface area contributed by atoms with Crippen molar-refractivity contribution < 1.29 is 10.2 Å². The highest BCUT2D eigenvalue weighted by Crippen LogP contribution is 2.25. The fourth-order valence-corrected chi connectivity index (χ4v) is 2.43. The Bertz CT molecular complexity index is 262. The number of rotatable bonds is 6. The van der Waals surface area contributed by atoms with Gasteiger partial charge in [0.25, 0.3) is 0 Å². The Balaban J connectivity index is 2.53. The van der Waals surface area contributed by atoms with Crippen LogP contribution in [0.4, 0.5) is 0 Å². The first-order chi connectivity index (χ1) is 7.15. The summed E-state index contributed by atoms with van der Waals surface area (Å²) in [5.41, 5.74) is 0. The number of aliphatic hydroxyl groups is 2. The average Bonchev–Trinajstić information content (AvgIpc) is 2.70. The summed E-state index contributed by atoms with van der Waals surface area (Å²) in [5, 5.41) is 23.3. The van der Waals surface area contributed by atoms with E-state index in [9.17, 15) is 5.11 Å². The summed E-state index contributed by atoms with van der Waals surface area (Å²) >= 11 is 1.71. The Morgan fingerprint density at radius 1 is 1.47 bits per heavy atom. The van der Waals surface area contributed by atoms with Crippen molar-refractivity contribution in [3.8, 4) is 0 Å². The number of hydrogen-bond acceptors (Lipinski definition) is 4. The molecule has 15 heavy (non-hydrogen) atoms. The van der Waals surface area contributed by atoms with Crippen molar-refractivity contribution >= 4 is 11.3 Å². The topological polar surface area (TPSA) is 52.5 Å². The minimum absolute atomic E-state index is 0.192. The van der Waals surface area contributed by atoms with Crippen LogP contribution in [-0.4, -0.2) is 29.5 Å². The van der Waals surface area contributed by atoms with Crippen molar-refractivity contribution in [2.24, 2.45) is 5.92 Å². The molecular weight excluding hydrogens is 210 g/mol. The van der Waals surface area contributed by atoms with E-state index in [0.717, 1.165) is 0 Å². The zero-order valence-electron chi connectivity index (χ0n) is 9.18. The van der Waals surface area contributed by atoms with Gasteiger partial charge in [0.15, 0.2) is 0 Å². The fourth-order valence-electron chi connectivity index (χ4n) is 1.46. The van der Waals surface area contributed by atoms with Crippen LogP contribution >= 0.6 is 11.3 Å². The van der Waals surface area contributed by atoms with Crippen LogP contribution in [0, 0.1) is 5.92 Å². The largest absolute Gasteiger partial charge is 0.394 e. The number of hydrogen-bond donors (Lipinski definition) is 3. The van der Waals surface area contributed by atoms with Gasteiger partial charge >= 0.3 is 0 Å². The van der Waals surface area contributed by atoms with Crippen LogP contribution in [-0.2, 0) is 0 Å². The molecule has 0 bridgehead atoms. The molecule has 3 nitrogen and oxygen atoms in total. The van der Waals surface area contributed by atoms with Gasteiger partial charge in [-0.15, -0.1) is 11.3 Å². The van der Waals surface area contributed by atoms with Crippen LogP contribution in [0.25, 0.3) is 0 Å². The van der Waals surface area contributed by atoms with Crippen molar-refractivity contribution in [3.63, 3.8) is 0 Å². The van der Waals surface area contributed by atoms with Crippen LogP contribution in [0.3, 0.4) is 0 Å². The molecule has 0 aliphatic carbocycles. The van der Waals surface area contributed by atoms with Crippen LogP contribution in [0.2, 0.25) is 0 Å². The van der Waals surface area contributed by atoms with Gasteiger partial charge in [0.2, 0.25) is 0 Å². The predicted octanol–water partition coefficient (Wildman–Crippen LogP) is 1.39. The molecule has 4 heteroatoms. The molecule has 1 aromatic heterocycles. The van der Waals surface area contributed by atoms with Crippen LogP contribution in [0.15, 0.2) is 17.5 Å². The average molecular weight is 229 g/mol. The molecule has 0 aromatic carbocycles. The highest BCUT2D eigenvalue weighted by Gasteiger charge is 2.17. The highest BCUT2D eigenvalue weighted by atomic mass is 32.1. The summed E-state index contributed by atoms with van der Waals surface area (Å²) in [7, 11) is 0. The lowest BCUT2D eigenvalue weighted by atomic mass is 10.0. The van der Waals surface area contributed by atoms with E-state index in [1.165, 1.54) is 4.88 Å². The van der Waals surface area contributed by atoms with E-state index in [0.29, 0.717) is 12.5 Å².